The summed E-state index contributed by atoms with van der Waals surface area (Å²) in [6, 6.07) is 14.1. The van der Waals surface area contributed by atoms with Gasteiger partial charge in [-0.25, -0.2) is 4.39 Å². The van der Waals surface area contributed by atoms with Crippen LogP contribution in [0.5, 0.6) is 0 Å². The number of halogens is 1. The van der Waals surface area contributed by atoms with Crippen molar-refractivity contribution in [2.45, 2.75) is 32.2 Å². The lowest BCUT2D eigenvalue weighted by Crippen LogP contribution is -2.27. The van der Waals surface area contributed by atoms with Gasteiger partial charge in [-0.05, 0) is 55.0 Å². The fourth-order valence-electron chi connectivity index (χ4n) is 2.79. The fourth-order valence-corrected chi connectivity index (χ4v) is 2.79. The molecule has 0 heterocycles. The number of hydrogen-bond donors (Lipinski definition) is 1. The molecule has 0 saturated carbocycles. The Hall–Kier alpha value is -1.83. The van der Waals surface area contributed by atoms with Gasteiger partial charge in [0.05, 0.1) is 5.69 Å². The molecule has 19 heavy (non-hydrogen) atoms. The topological polar surface area (TPSA) is 12.0 Å². The minimum Gasteiger partial charge on any atom is -0.380 e. The maximum Gasteiger partial charge on any atom is 0.146 e. The van der Waals surface area contributed by atoms with Gasteiger partial charge in [0.15, 0.2) is 0 Å². The summed E-state index contributed by atoms with van der Waals surface area (Å²) in [5, 5.41) is 3.36. The van der Waals surface area contributed by atoms with Crippen molar-refractivity contribution >= 4 is 5.69 Å². The number of nitrogens with one attached hydrogen (secondary N) is 1. The molecule has 0 fully saturated rings. The van der Waals surface area contributed by atoms with E-state index in [1.54, 1.807) is 6.07 Å². The number of hydrogen-bond acceptors (Lipinski definition) is 1. The highest BCUT2D eigenvalue weighted by Gasteiger charge is 2.18. The van der Waals surface area contributed by atoms with E-state index in [1.807, 2.05) is 13.0 Å². The summed E-state index contributed by atoms with van der Waals surface area (Å²) >= 11 is 0. The van der Waals surface area contributed by atoms with Gasteiger partial charge in [-0.1, -0.05) is 30.3 Å². The molecule has 1 aliphatic rings. The molecule has 0 radical (unpaired) electrons. The Bertz CT molecular complexity index is 592. The molecule has 2 aromatic carbocycles. The van der Waals surface area contributed by atoms with E-state index in [2.05, 4.69) is 29.6 Å². The van der Waals surface area contributed by atoms with Crippen molar-refractivity contribution in [2.24, 2.45) is 0 Å². The first-order chi connectivity index (χ1) is 9.22. The lowest BCUT2D eigenvalue weighted by atomic mass is 9.88. The second kappa shape index (κ2) is 5.04. The molecular weight excluding hydrogens is 237 g/mol. The molecule has 1 atom stereocenters. The van der Waals surface area contributed by atoms with Crippen LogP contribution in [0, 0.1) is 12.7 Å². The van der Waals surface area contributed by atoms with Crippen molar-refractivity contribution in [2.75, 3.05) is 5.32 Å². The SMILES string of the molecule is Cc1ccc(F)c(NC2CCc3ccccc3C2)c1. The van der Waals surface area contributed by atoms with E-state index in [0.717, 1.165) is 24.8 Å². The van der Waals surface area contributed by atoms with Crippen molar-refractivity contribution in [1.82, 2.24) is 0 Å². The van der Waals surface area contributed by atoms with Gasteiger partial charge in [-0.2, -0.15) is 0 Å². The van der Waals surface area contributed by atoms with Gasteiger partial charge in [0, 0.05) is 6.04 Å². The van der Waals surface area contributed by atoms with Crippen molar-refractivity contribution in [3.63, 3.8) is 0 Å². The first kappa shape index (κ1) is 12.2. The maximum atomic E-state index is 13.8. The Balaban J connectivity index is 1.77. The summed E-state index contributed by atoms with van der Waals surface area (Å²) in [5.74, 6) is -0.163. The van der Waals surface area contributed by atoms with Crippen LogP contribution < -0.4 is 5.32 Å². The van der Waals surface area contributed by atoms with Crippen LogP contribution in [-0.2, 0) is 12.8 Å². The Kier molecular flexibility index (Phi) is 3.24. The molecule has 2 heteroatoms. The standard InChI is InChI=1S/C17H18FN/c1-12-6-9-16(18)17(10-12)19-15-8-7-13-4-2-3-5-14(13)11-15/h2-6,9-10,15,19H,7-8,11H2,1H3. The first-order valence-electron chi connectivity index (χ1n) is 6.82. The van der Waals surface area contributed by atoms with Crippen LogP contribution >= 0.6 is 0 Å². The average Bonchev–Trinajstić information content (AvgIpc) is 2.43. The van der Waals surface area contributed by atoms with E-state index >= 15 is 0 Å². The molecule has 0 aromatic heterocycles. The van der Waals surface area contributed by atoms with Crippen LogP contribution in [0.4, 0.5) is 10.1 Å². The number of anilines is 1. The molecular formula is C17H18FN. The van der Waals surface area contributed by atoms with Crippen LogP contribution in [0.1, 0.15) is 23.1 Å². The van der Waals surface area contributed by atoms with Gasteiger partial charge in [-0.3, -0.25) is 0 Å². The van der Waals surface area contributed by atoms with E-state index in [0.29, 0.717) is 11.7 Å². The smallest absolute Gasteiger partial charge is 0.146 e. The Morgan fingerprint density at radius 2 is 1.89 bits per heavy atom. The number of rotatable bonds is 2. The zero-order valence-electron chi connectivity index (χ0n) is 11.1. The molecule has 0 amide bonds. The minimum absolute atomic E-state index is 0.163. The van der Waals surface area contributed by atoms with Gasteiger partial charge in [-0.15, -0.1) is 0 Å². The van der Waals surface area contributed by atoms with E-state index in [4.69, 9.17) is 0 Å². The van der Waals surface area contributed by atoms with Crippen LogP contribution in [0.3, 0.4) is 0 Å². The summed E-state index contributed by atoms with van der Waals surface area (Å²) in [4.78, 5) is 0. The van der Waals surface area contributed by atoms with Gasteiger partial charge < -0.3 is 5.32 Å². The van der Waals surface area contributed by atoms with Gasteiger partial charge >= 0.3 is 0 Å². The number of aryl methyl sites for hydroxylation is 2. The summed E-state index contributed by atoms with van der Waals surface area (Å²) in [6.45, 7) is 1.99. The lowest BCUT2D eigenvalue weighted by Gasteiger charge is -2.26. The van der Waals surface area contributed by atoms with Crippen molar-refractivity contribution in [3.8, 4) is 0 Å². The molecule has 0 spiro atoms. The van der Waals surface area contributed by atoms with E-state index in [9.17, 15) is 4.39 Å². The highest BCUT2D eigenvalue weighted by molar-refractivity contribution is 5.48. The predicted molar refractivity (Wildman–Crippen MR) is 77.0 cm³/mol. The number of benzene rings is 2. The third kappa shape index (κ3) is 2.62. The second-order valence-electron chi connectivity index (χ2n) is 5.34. The Morgan fingerprint density at radius 1 is 1.11 bits per heavy atom. The first-order valence-corrected chi connectivity index (χ1v) is 6.82. The Morgan fingerprint density at radius 3 is 2.74 bits per heavy atom. The van der Waals surface area contributed by atoms with Crippen molar-refractivity contribution in [3.05, 3.63) is 65.0 Å². The molecule has 1 nitrogen and oxygen atoms in total. The molecule has 98 valence electrons. The third-order valence-electron chi connectivity index (χ3n) is 3.83. The van der Waals surface area contributed by atoms with E-state index in [-0.39, 0.29) is 5.82 Å². The largest absolute Gasteiger partial charge is 0.380 e. The Labute approximate surface area is 113 Å². The zero-order valence-corrected chi connectivity index (χ0v) is 11.1. The molecule has 0 aliphatic heterocycles. The minimum atomic E-state index is -0.163. The van der Waals surface area contributed by atoms with Gasteiger partial charge in [0.1, 0.15) is 5.82 Å². The highest BCUT2D eigenvalue weighted by Crippen LogP contribution is 2.25. The van der Waals surface area contributed by atoms with E-state index < -0.39 is 0 Å². The van der Waals surface area contributed by atoms with Crippen molar-refractivity contribution in [1.29, 1.82) is 0 Å². The van der Waals surface area contributed by atoms with Crippen LogP contribution in [-0.4, -0.2) is 6.04 Å². The van der Waals surface area contributed by atoms with Gasteiger partial charge in [0.2, 0.25) is 0 Å². The molecule has 0 bridgehead atoms. The number of fused-ring (bicyclic) bond motifs is 1. The highest BCUT2D eigenvalue weighted by atomic mass is 19.1. The molecule has 0 saturated heterocycles. The monoisotopic (exact) mass is 255 g/mol. The van der Waals surface area contributed by atoms with Crippen LogP contribution in [0.15, 0.2) is 42.5 Å². The summed E-state index contributed by atoms with van der Waals surface area (Å²) in [5.41, 5.74) is 4.54. The summed E-state index contributed by atoms with van der Waals surface area (Å²) in [6.07, 6.45) is 3.11. The zero-order chi connectivity index (χ0) is 13.2. The maximum absolute atomic E-state index is 13.8. The quantitative estimate of drug-likeness (QED) is 0.851. The van der Waals surface area contributed by atoms with Crippen molar-refractivity contribution < 1.29 is 4.39 Å². The summed E-state index contributed by atoms with van der Waals surface area (Å²) in [7, 11) is 0. The third-order valence-corrected chi connectivity index (χ3v) is 3.83. The fraction of sp³-hybridized carbons (Fsp3) is 0.294. The average molecular weight is 255 g/mol. The van der Waals surface area contributed by atoms with Crippen LogP contribution in [0.25, 0.3) is 0 Å². The van der Waals surface area contributed by atoms with E-state index in [1.165, 1.54) is 17.2 Å². The predicted octanol–water partition coefficient (Wildman–Crippen LogP) is 4.10. The van der Waals surface area contributed by atoms with Crippen LogP contribution in [0.2, 0.25) is 0 Å². The molecule has 1 unspecified atom stereocenters. The second-order valence-corrected chi connectivity index (χ2v) is 5.34. The normalized spacial score (nSPS) is 17.9. The summed E-state index contributed by atoms with van der Waals surface area (Å²) < 4.78 is 13.8. The van der Waals surface area contributed by atoms with Gasteiger partial charge in [0.25, 0.3) is 0 Å². The molecule has 1 N–H and O–H groups in total. The molecule has 3 rings (SSSR count). The molecule has 2 aromatic rings. The lowest BCUT2D eigenvalue weighted by molar-refractivity contribution is 0.592. The molecule has 1 aliphatic carbocycles.